The van der Waals surface area contributed by atoms with Crippen molar-refractivity contribution >= 4 is 23.2 Å². The Morgan fingerprint density at radius 3 is 2.67 bits per heavy atom. The highest BCUT2D eigenvalue weighted by Crippen LogP contribution is 2.20. The van der Waals surface area contributed by atoms with Crippen LogP contribution in [0.15, 0.2) is 42.5 Å². The number of nitrogens with one attached hydrogen (secondary N) is 1. The average molecular weight is 342 g/mol. The van der Waals surface area contributed by atoms with Crippen LogP contribution in [0.2, 0.25) is 5.02 Å². The predicted molar refractivity (Wildman–Crippen MR) is 92.8 cm³/mol. The molecule has 0 aliphatic heterocycles. The van der Waals surface area contributed by atoms with Gasteiger partial charge in [0.25, 0.3) is 0 Å². The molecule has 24 heavy (non-hydrogen) atoms. The van der Waals surface area contributed by atoms with Crippen LogP contribution >= 0.6 is 11.6 Å². The minimum atomic E-state index is -0.189. The maximum absolute atomic E-state index is 12.3. The number of rotatable bonds is 4. The van der Waals surface area contributed by atoms with Crippen LogP contribution in [-0.4, -0.2) is 26.1 Å². The fourth-order valence-corrected chi connectivity index (χ4v) is 2.46. The standard InChI is InChI=1S/C17H16ClN5O/c1-11-4-3-5-15(12(11)2)19-16(24)10-23-17(20-21-22-23)13-6-8-14(18)9-7-13/h3-9H,10H2,1-2H3,(H,19,24). The zero-order chi connectivity index (χ0) is 17.1. The Hall–Kier alpha value is -2.73. The number of carbonyl (C=O) groups is 1. The zero-order valence-electron chi connectivity index (χ0n) is 13.3. The molecule has 0 bridgehead atoms. The number of benzene rings is 2. The van der Waals surface area contributed by atoms with Gasteiger partial charge in [0.05, 0.1) is 0 Å². The number of hydrogen-bond donors (Lipinski definition) is 1. The largest absolute Gasteiger partial charge is 0.324 e. The Kier molecular flexibility index (Phi) is 4.57. The van der Waals surface area contributed by atoms with Crippen molar-refractivity contribution < 1.29 is 4.79 Å². The highest BCUT2D eigenvalue weighted by atomic mass is 35.5. The molecule has 0 aliphatic carbocycles. The molecule has 3 rings (SSSR count). The second-order valence-corrected chi connectivity index (χ2v) is 5.90. The smallest absolute Gasteiger partial charge is 0.246 e. The Morgan fingerprint density at radius 1 is 1.17 bits per heavy atom. The molecule has 0 unspecified atom stereocenters. The number of carbonyl (C=O) groups excluding carboxylic acids is 1. The summed E-state index contributed by atoms with van der Waals surface area (Å²) in [6, 6.07) is 12.9. The summed E-state index contributed by atoms with van der Waals surface area (Å²) in [5, 5.41) is 15.1. The summed E-state index contributed by atoms with van der Waals surface area (Å²) in [4.78, 5) is 12.3. The monoisotopic (exact) mass is 341 g/mol. The molecular weight excluding hydrogens is 326 g/mol. The van der Waals surface area contributed by atoms with Gasteiger partial charge in [0.1, 0.15) is 6.54 Å². The van der Waals surface area contributed by atoms with E-state index in [4.69, 9.17) is 11.6 Å². The van der Waals surface area contributed by atoms with Crippen molar-refractivity contribution in [3.05, 3.63) is 58.6 Å². The van der Waals surface area contributed by atoms with Crippen LogP contribution in [-0.2, 0) is 11.3 Å². The lowest BCUT2D eigenvalue weighted by molar-refractivity contribution is -0.116. The third-order valence-corrected chi connectivity index (χ3v) is 4.06. The molecule has 0 radical (unpaired) electrons. The number of aromatic nitrogens is 4. The van der Waals surface area contributed by atoms with Crippen molar-refractivity contribution in [3.8, 4) is 11.4 Å². The first-order valence-electron chi connectivity index (χ1n) is 7.43. The summed E-state index contributed by atoms with van der Waals surface area (Å²) in [6.45, 7) is 4.00. The lowest BCUT2D eigenvalue weighted by Crippen LogP contribution is -2.20. The number of amides is 1. The SMILES string of the molecule is Cc1cccc(NC(=O)Cn2nnnc2-c2ccc(Cl)cc2)c1C. The fourth-order valence-electron chi connectivity index (χ4n) is 2.33. The predicted octanol–water partition coefficient (Wildman–Crippen LogP) is 3.25. The number of tetrazole rings is 1. The molecule has 1 heterocycles. The highest BCUT2D eigenvalue weighted by Gasteiger charge is 2.13. The number of nitrogens with zero attached hydrogens (tertiary/aromatic N) is 4. The van der Waals surface area contributed by atoms with Gasteiger partial charge in [-0.05, 0) is 65.7 Å². The summed E-state index contributed by atoms with van der Waals surface area (Å²) < 4.78 is 1.46. The Balaban J connectivity index is 1.77. The molecular formula is C17H16ClN5O. The molecule has 1 amide bonds. The normalized spacial score (nSPS) is 10.6. The second-order valence-electron chi connectivity index (χ2n) is 5.46. The second kappa shape index (κ2) is 6.80. The molecule has 3 aromatic rings. The van der Waals surface area contributed by atoms with Crippen LogP contribution in [0, 0.1) is 13.8 Å². The van der Waals surface area contributed by atoms with Gasteiger partial charge in [-0.2, -0.15) is 0 Å². The maximum atomic E-state index is 12.3. The molecule has 7 heteroatoms. The molecule has 0 aliphatic rings. The van der Waals surface area contributed by atoms with Gasteiger partial charge < -0.3 is 5.32 Å². The first-order valence-corrected chi connectivity index (χ1v) is 7.80. The van der Waals surface area contributed by atoms with Crippen molar-refractivity contribution in [2.75, 3.05) is 5.32 Å². The van der Waals surface area contributed by atoms with Gasteiger partial charge in [0.15, 0.2) is 5.82 Å². The van der Waals surface area contributed by atoms with E-state index in [9.17, 15) is 4.79 Å². The minimum absolute atomic E-state index is 0.0261. The van der Waals surface area contributed by atoms with Crippen LogP contribution in [0.25, 0.3) is 11.4 Å². The average Bonchev–Trinajstić information content (AvgIpc) is 3.00. The molecule has 0 fully saturated rings. The molecule has 1 N–H and O–H groups in total. The van der Waals surface area contributed by atoms with E-state index in [2.05, 4.69) is 20.8 Å². The van der Waals surface area contributed by atoms with Gasteiger partial charge in [-0.15, -0.1) is 5.10 Å². The molecule has 6 nitrogen and oxygen atoms in total. The van der Waals surface area contributed by atoms with Gasteiger partial charge in [-0.3, -0.25) is 4.79 Å². The minimum Gasteiger partial charge on any atom is -0.324 e. The number of halogens is 1. The van der Waals surface area contributed by atoms with Crippen LogP contribution in [0.1, 0.15) is 11.1 Å². The van der Waals surface area contributed by atoms with Crippen molar-refractivity contribution in [3.63, 3.8) is 0 Å². The summed E-state index contributed by atoms with van der Waals surface area (Å²) in [7, 11) is 0. The number of hydrogen-bond acceptors (Lipinski definition) is 4. The Morgan fingerprint density at radius 2 is 1.92 bits per heavy atom. The van der Waals surface area contributed by atoms with Crippen molar-refractivity contribution in [2.45, 2.75) is 20.4 Å². The number of aryl methyl sites for hydroxylation is 1. The van der Waals surface area contributed by atoms with Crippen molar-refractivity contribution in [2.24, 2.45) is 0 Å². The molecule has 0 spiro atoms. The van der Waals surface area contributed by atoms with Gasteiger partial charge in [0, 0.05) is 16.3 Å². The van der Waals surface area contributed by atoms with E-state index >= 15 is 0 Å². The van der Waals surface area contributed by atoms with Crippen LogP contribution in [0.4, 0.5) is 5.69 Å². The summed E-state index contributed by atoms with van der Waals surface area (Å²) in [5.41, 5.74) is 3.75. The van der Waals surface area contributed by atoms with E-state index in [-0.39, 0.29) is 12.5 Å². The van der Waals surface area contributed by atoms with E-state index in [1.54, 1.807) is 12.1 Å². The molecule has 2 aromatic carbocycles. The van der Waals surface area contributed by atoms with E-state index in [0.717, 1.165) is 22.4 Å². The quantitative estimate of drug-likeness (QED) is 0.790. The van der Waals surface area contributed by atoms with Gasteiger partial charge in [0.2, 0.25) is 5.91 Å². The first kappa shape index (κ1) is 16.1. The molecule has 0 saturated heterocycles. The highest BCUT2D eigenvalue weighted by molar-refractivity contribution is 6.30. The number of anilines is 1. The summed E-state index contributed by atoms with van der Waals surface area (Å²) in [6.07, 6.45) is 0. The molecule has 0 atom stereocenters. The van der Waals surface area contributed by atoms with E-state index in [1.807, 2.05) is 44.2 Å². The van der Waals surface area contributed by atoms with Crippen LogP contribution < -0.4 is 5.32 Å². The summed E-state index contributed by atoms with van der Waals surface area (Å²) >= 11 is 5.89. The third kappa shape index (κ3) is 3.44. The van der Waals surface area contributed by atoms with Crippen molar-refractivity contribution in [1.29, 1.82) is 0 Å². The van der Waals surface area contributed by atoms with Crippen molar-refractivity contribution in [1.82, 2.24) is 20.2 Å². The zero-order valence-corrected chi connectivity index (χ0v) is 14.1. The summed E-state index contributed by atoms with van der Waals surface area (Å²) in [5.74, 6) is 0.328. The lowest BCUT2D eigenvalue weighted by Gasteiger charge is -2.10. The van der Waals surface area contributed by atoms with E-state index in [0.29, 0.717) is 10.8 Å². The molecule has 1 aromatic heterocycles. The maximum Gasteiger partial charge on any atom is 0.246 e. The third-order valence-electron chi connectivity index (χ3n) is 3.81. The Labute approximate surface area is 144 Å². The van der Waals surface area contributed by atoms with E-state index < -0.39 is 0 Å². The van der Waals surface area contributed by atoms with Gasteiger partial charge >= 0.3 is 0 Å². The first-order chi connectivity index (χ1) is 11.5. The molecule has 0 saturated carbocycles. The topological polar surface area (TPSA) is 72.7 Å². The molecule has 122 valence electrons. The lowest BCUT2D eigenvalue weighted by atomic mass is 10.1. The van der Waals surface area contributed by atoms with E-state index in [1.165, 1.54) is 4.68 Å². The van der Waals surface area contributed by atoms with Crippen LogP contribution in [0.5, 0.6) is 0 Å². The van der Waals surface area contributed by atoms with Gasteiger partial charge in [-0.25, -0.2) is 4.68 Å². The van der Waals surface area contributed by atoms with Gasteiger partial charge in [-0.1, -0.05) is 23.7 Å². The fraction of sp³-hybridized carbons (Fsp3) is 0.176. The van der Waals surface area contributed by atoms with Crippen LogP contribution in [0.3, 0.4) is 0 Å². The Bertz CT molecular complexity index is 873.